The number of rotatable bonds is 6. The van der Waals surface area contributed by atoms with Crippen LogP contribution in [0.2, 0.25) is 0 Å². The Morgan fingerprint density at radius 2 is 1.60 bits per heavy atom. The topological polar surface area (TPSA) is 75.7 Å². The summed E-state index contributed by atoms with van der Waals surface area (Å²) in [6.45, 7) is 12.3. The zero-order valence-electron chi connectivity index (χ0n) is 13.7. The van der Waals surface area contributed by atoms with E-state index in [1.807, 2.05) is 0 Å². The Kier molecular flexibility index (Phi) is 6.64. The summed E-state index contributed by atoms with van der Waals surface area (Å²) in [4.78, 5) is 12.1. The number of ether oxygens (including phenoxy) is 1. The molecular weight excluding hydrogens is 280 g/mol. The van der Waals surface area contributed by atoms with E-state index in [4.69, 9.17) is 4.74 Å². The van der Waals surface area contributed by atoms with Gasteiger partial charge in [0.05, 0.1) is 0 Å². The van der Waals surface area contributed by atoms with E-state index >= 15 is 0 Å². The maximum absolute atomic E-state index is 12.2. The van der Waals surface area contributed by atoms with Gasteiger partial charge in [0.2, 0.25) is 0 Å². The number of carbonyl (C=O) groups is 1. The first kappa shape index (κ1) is 19.3. The van der Waals surface area contributed by atoms with E-state index in [9.17, 15) is 13.2 Å². The molecule has 1 N–H and O–H groups in total. The van der Waals surface area contributed by atoms with Gasteiger partial charge in [0.15, 0.2) is 0 Å². The molecule has 0 spiro atoms. The van der Waals surface area contributed by atoms with Crippen LogP contribution >= 0.6 is 0 Å². The van der Waals surface area contributed by atoms with Crippen molar-refractivity contribution < 1.29 is 17.9 Å². The highest BCUT2D eigenvalue weighted by Crippen LogP contribution is 2.14. The molecule has 20 heavy (non-hydrogen) atoms. The van der Waals surface area contributed by atoms with Crippen molar-refractivity contribution in [3.63, 3.8) is 0 Å². The minimum absolute atomic E-state index is 0.195. The van der Waals surface area contributed by atoms with E-state index in [0.717, 1.165) is 0 Å². The fourth-order valence-corrected chi connectivity index (χ4v) is 2.75. The predicted octanol–water partition coefficient (Wildman–Crippen LogP) is 1.53. The number of nitrogens with one attached hydrogen (secondary N) is 1. The smallest absolute Gasteiger partial charge is 0.325 e. The maximum atomic E-state index is 12.2. The third-order valence-corrected chi connectivity index (χ3v) is 4.44. The van der Waals surface area contributed by atoms with Crippen LogP contribution in [-0.2, 0) is 19.7 Å². The van der Waals surface area contributed by atoms with Gasteiger partial charge in [0.1, 0.15) is 11.6 Å². The molecule has 0 fully saturated rings. The predicted molar refractivity (Wildman–Crippen MR) is 79.4 cm³/mol. The third kappa shape index (κ3) is 6.19. The zero-order valence-corrected chi connectivity index (χ0v) is 14.5. The van der Waals surface area contributed by atoms with Crippen molar-refractivity contribution in [3.05, 3.63) is 0 Å². The van der Waals surface area contributed by atoms with E-state index in [2.05, 4.69) is 4.72 Å². The van der Waals surface area contributed by atoms with Crippen LogP contribution in [0.15, 0.2) is 0 Å². The summed E-state index contributed by atoms with van der Waals surface area (Å²) in [6, 6.07) is -1.10. The molecule has 7 heteroatoms. The van der Waals surface area contributed by atoms with Gasteiger partial charge in [-0.05, 0) is 40.5 Å². The van der Waals surface area contributed by atoms with E-state index in [-0.39, 0.29) is 12.0 Å². The molecule has 0 radical (unpaired) electrons. The zero-order chi connectivity index (χ0) is 16.3. The molecule has 0 aromatic carbocycles. The highest BCUT2D eigenvalue weighted by Gasteiger charge is 2.33. The highest BCUT2D eigenvalue weighted by molar-refractivity contribution is 7.87. The average molecular weight is 308 g/mol. The Balaban J connectivity index is 5.11. The number of esters is 1. The lowest BCUT2D eigenvalue weighted by molar-refractivity contribution is -0.158. The molecule has 0 aliphatic carbocycles. The molecule has 0 aliphatic rings. The first-order chi connectivity index (χ1) is 8.78. The van der Waals surface area contributed by atoms with E-state index < -0.39 is 27.8 Å². The van der Waals surface area contributed by atoms with Crippen LogP contribution in [0.1, 0.15) is 48.5 Å². The van der Waals surface area contributed by atoms with Crippen molar-refractivity contribution in [3.8, 4) is 0 Å². The third-order valence-electron chi connectivity index (χ3n) is 2.71. The summed E-state index contributed by atoms with van der Waals surface area (Å²) in [5, 5.41) is 0. The molecule has 0 aromatic heterocycles. The number of carbonyl (C=O) groups excluding carboxylic acids is 1. The average Bonchev–Trinajstić information content (AvgIpc) is 2.21. The van der Waals surface area contributed by atoms with Crippen LogP contribution < -0.4 is 4.72 Å². The summed E-state index contributed by atoms with van der Waals surface area (Å²) in [7, 11) is -2.25. The van der Waals surface area contributed by atoms with Crippen LogP contribution in [-0.4, -0.2) is 43.4 Å². The van der Waals surface area contributed by atoms with Crippen molar-refractivity contribution in [2.24, 2.45) is 5.92 Å². The Hall–Kier alpha value is -0.660. The monoisotopic (exact) mass is 308 g/mol. The van der Waals surface area contributed by atoms with E-state index in [0.29, 0.717) is 0 Å². The lowest BCUT2D eigenvalue weighted by Crippen LogP contribution is -2.52. The van der Waals surface area contributed by atoms with Crippen LogP contribution in [0.25, 0.3) is 0 Å². The molecule has 0 amide bonds. The molecular formula is C13H28N2O4S. The summed E-state index contributed by atoms with van der Waals surface area (Å²) in [5.74, 6) is -0.770. The van der Waals surface area contributed by atoms with E-state index in [1.165, 1.54) is 11.4 Å². The van der Waals surface area contributed by atoms with Gasteiger partial charge in [-0.2, -0.15) is 17.4 Å². The first-order valence-electron chi connectivity index (χ1n) is 6.76. The number of hydrogen-bond donors (Lipinski definition) is 1. The molecule has 0 rings (SSSR count). The van der Waals surface area contributed by atoms with Gasteiger partial charge in [-0.15, -0.1) is 0 Å². The second kappa shape index (κ2) is 6.87. The largest absolute Gasteiger partial charge is 0.459 e. The van der Waals surface area contributed by atoms with E-state index in [1.54, 1.807) is 48.5 Å². The van der Waals surface area contributed by atoms with Crippen LogP contribution in [0.4, 0.5) is 0 Å². The van der Waals surface area contributed by atoms with Gasteiger partial charge in [0, 0.05) is 13.1 Å². The first-order valence-corrected chi connectivity index (χ1v) is 8.20. The van der Waals surface area contributed by atoms with Crippen LogP contribution in [0.3, 0.4) is 0 Å². The van der Waals surface area contributed by atoms with Crippen molar-refractivity contribution in [2.75, 3.05) is 7.05 Å². The normalized spacial score (nSPS) is 14.9. The Labute approximate surface area is 123 Å². The molecule has 6 nitrogen and oxygen atoms in total. The van der Waals surface area contributed by atoms with Crippen LogP contribution in [0, 0.1) is 5.92 Å². The highest BCUT2D eigenvalue weighted by atomic mass is 32.2. The maximum Gasteiger partial charge on any atom is 0.325 e. The molecule has 0 aromatic rings. The second-order valence-electron chi connectivity index (χ2n) is 6.49. The fraction of sp³-hybridized carbons (Fsp3) is 0.923. The van der Waals surface area contributed by atoms with Gasteiger partial charge >= 0.3 is 5.97 Å². The van der Waals surface area contributed by atoms with Crippen LogP contribution in [0.5, 0.6) is 0 Å². The minimum Gasteiger partial charge on any atom is -0.459 e. The Morgan fingerprint density at radius 1 is 1.15 bits per heavy atom. The summed E-state index contributed by atoms with van der Waals surface area (Å²) in [6.07, 6.45) is 0. The standard InChI is InChI=1S/C13H28N2O4S/c1-9(2)11(12(16)19-13(5,6)7)14-20(17,18)15(8)10(3)4/h9-11,14H,1-8H3/t11-/m1/s1. The molecule has 120 valence electrons. The van der Waals surface area contributed by atoms with Crippen molar-refractivity contribution >= 4 is 16.2 Å². The minimum atomic E-state index is -3.72. The van der Waals surface area contributed by atoms with Gasteiger partial charge in [-0.3, -0.25) is 4.79 Å². The van der Waals surface area contributed by atoms with Gasteiger partial charge in [-0.25, -0.2) is 0 Å². The summed E-state index contributed by atoms with van der Waals surface area (Å²) in [5.41, 5.74) is -0.653. The van der Waals surface area contributed by atoms with Crippen molar-refractivity contribution in [1.29, 1.82) is 0 Å². The van der Waals surface area contributed by atoms with Crippen molar-refractivity contribution in [2.45, 2.75) is 66.2 Å². The Bertz CT molecular complexity index is 424. The Morgan fingerprint density at radius 3 is 1.90 bits per heavy atom. The fourth-order valence-electron chi connectivity index (χ4n) is 1.34. The molecule has 0 saturated carbocycles. The number of nitrogens with zero attached hydrogens (tertiary/aromatic N) is 1. The summed E-state index contributed by atoms with van der Waals surface area (Å²) < 4.78 is 33.2. The molecule has 1 atom stereocenters. The molecule has 0 saturated heterocycles. The quantitative estimate of drug-likeness (QED) is 0.755. The van der Waals surface area contributed by atoms with Crippen molar-refractivity contribution in [1.82, 2.24) is 9.03 Å². The van der Waals surface area contributed by atoms with Gasteiger partial charge < -0.3 is 4.74 Å². The SMILES string of the molecule is CC(C)[C@@H](NS(=O)(=O)N(C)C(C)C)C(=O)OC(C)(C)C. The molecule has 0 heterocycles. The molecule has 0 bridgehead atoms. The second-order valence-corrected chi connectivity index (χ2v) is 8.25. The molecule has 0 unspecified atom stereocenters. The lowest BCUT2D eigenvalue weighted by atomic mass is 10.1. The van der Waals surface area contributed by atoms with Gasteiger partial charge in [-0.1, -0.05) is 13.8 Å². The number of hydrogen-bond acceptors (Lipinski definition) is 4. The van der Waals surface area contributed by atoms with Gasteiger partial charge in [0.25, 0.3) is 10.2 Å². The summed E-state index contributed by atoms with van der Waals surface area (Å²) >= 11 is 0. The lowest BCUT2D eigenvalue weighted by Gasteiger charge is -2.29. The molecule has 0 aliphatic heterocycles.